The molecule has 0 bridgehead atoms. The summed E-state index contributed by atoms with van der Waals surface area (Å²) in [7, 11) is 0. The zero-order chi connectivity index (χ0) is 13.8. The average molecular weight is 260 g/mol. The Morgan fingerprint density at radius 3 is 2.79 bits per heavy atom. The normalized spacial score (nSPS) is 14.2. The Morgan fingerprint density at radius 2 is 2.05 bits per heavy atom. The predicted molar refractivity (Wildman–Crippen MR) is 75.0 cm³/mol. The quantitative estimate of drug-likeness (QED) is 0.823. The van der Waals surface area contributed by atoms with E-state index in [1.54, 1.807) is 4.90 Å². The molecular weight excluding hydrogens is 240 g/mol. The molecule has 0 aromatic heterocycles. The van der Waals surface area contributed by atoms with Gasteiger partial charge in [0.15, 0.2) is 0 Å². The molecule has 0 fully saturated rings. The van der Waals surface area contributed by atoms with Gasteiger partial charge in [-0.05, 0) is 30.4 Å². The fourth-order valence-electron chi connectivity index (χ4n) is 2.24. The van der Waals surface area contributed by atoms with Crippen LogP contribution in [-0.4, -0.2) is 24.9 Å². The third kappa shape index (κ3) is 3.13. The molecule has 1 aromatic carbocycles. The van der Waals surface area contributed by atoms with Crippen LogP contribution >= 0.6 is 0 Å². The highest BCUT2D eigenvalue weighted by Crippen LogP contribution is 2.26. The summed E-state index contributed by atoms with van der Waals surface area (Å²) < 4.78 is 0. The van der Waals surface area contributed by atoms with Crippen LogP contribution in [0.4, 0.5) is 5.69 Å². The van der Waals surface area contributed by atoms with Crippen LogP contribution in [0.5, 0.6) is 0 Å². The van der Waals surface area contributed by atoms with Gasteiger partial charge in [0.2, 0.25) is 0 Å². The SMILES string of the molecule is CC(C)CNC(=O)C(=O)N1CCCc2ccccc21. The molecule has 1 aliphatic heterocycles. The van der Waals surface area contributed by atoms with E-state index in [1.165, 1.54) is 0 Å². The third-order valence-electron chi connectivity index (χ3n) is 3.22. The maximum atomic E-state index is 12.2. The van der Waals surface area contributed by atoms with Gasteiger partial charge in [0.25, 0.3) is 0 Å². The van der Waals surface area contributed by atoms with E-state index in [0.29, 0.717) is 19.0 Å². The Kier molecular flexibility index (Phi) is 4.20. The molecule has 1 aromatic rings. The summed E-state index contributed by atoms with van der Waals surface area (Å²) in [6.07, 6.45) is 1.87. The molecule has 1 N–H and O–H groups in total. The van der Waals surface area contributed by atoms with E-state index in [-0.39, 0.29) is 0 Å². The van der Waals surface area contributed by atoms with Gasteiger partial charge in [0.05, 0.1) is 0 Å². The largest absolute Gasteiger partial charge is 0.348 e. The first kappa shape index (κ1) is 13.6. The highest BCUT2D eigenvalue weighted by Gasteiger charge is 2.26. The molecule has 2 rings (SSSR count). The highest BCUT2D eigenvalue weighted by molar-refractivity contribution is 6.40. The number of rotatable bonds is 2. The van der Waals surface area contributed by atoms with Crippen molar-refractivity contribution in [2.45, 2.75) is 26.7 Å². The Hall–Kier alpha value is -1.84. The molecule has 1 aliphatic rings. The fraction of sp³-hybridized carbons (Fsp3) is 0.467. The number of hydrogen-bond donors (Lipinski definition) is 1. The molecule has 0 saturated carbocycles. The molecular formula is C15H20N2O2. The number of anilines is 1. The van der Waals surface area contributed by atoms with Gasteiger partial charge >= 0.3 is 11.8 Å². The van der Waals surface area contributed by atoms with Gasteiger partial charge in [-0.2, -0.15) is 0 Å². The third-order valence-corrected chi connectivity index (χ3v) is 3.22. The van der Waals surface area contributed by atoms with Crippen molar-refractivity contribution in [3.8, 4) is 0 Å². The summed E-state index contributed by atoms with van der Waals surface area (Å²) in [5.74, 6) is -0.622. The topological polar surface area (TPSA) is 49.4 Å². The minimum atomic E-state index is -0.509. The molecule has 0 aliphatic carbocycles. The highest BCUT2D eigenvalue weighted by atomic mass is 16.2. The van der Waals surface area contributed by atoms with Crippen LogP contribution in [-0.2, 0) is 16.0 Å². The lowest BCUT2D eigenvalue weighted by molar-refractivity contribution is -0.137. The Labute approximate surface area is 113 Å². The van der Waals surface area contributed by atoms with E-state index in [1.807, 2.05) is 38.1 Å². The minimum absolute atomic E-state index is 0.338. The number of nitrogens with zero attached hydrogens (tertiary/aromatic N) is 1. The number of carbonyl (C=O) groups excluding carboxylic acids is 2. The van der Waals surface area contributed by atoms with E-state index in [9.17, 15) is 9.59 Å². The first-order valence-electron chi connectivity index (χ1n) is 6.77. The van der Waals surface area contributed by atoms with Crippen molar-refractivity contribution in [3.05, 3.63) is 29.8 Å². The zero-order valence-corrected chi connectivity index (χ0v) is 11.5. The summed E-state index contributed by atoms with van der Waals surface area (Å²) in [5.41, 5.74) is 2.01. The molecule has 0 spiro atoms. The van der Waals surface area contributed by atoms with Crippen LogP contribution in [0.2, 0.25) is 0 Å². The summed E-state index contributed by atoms with van der Waals surface area (Å²) >= 11 is 0. The summed E-state index contributed by atoms with van der Waals surface area (Å²) in [5, 5.41) is 2.68. The molecule has 4 nitrogen and oxygen atoms in total. The van der Waals surface area contributed by atoms with Crippen molar-refractivity contribution >= 4 is 17.5 Å². The minimum Gasteiger partial charge on any atom is -0.348 e. The van der Waals surface area contributed by atoms with Crippen molar-refractivity contribution in [2.75, 3.05) is 18.0 Å². The number of nitrogens with one attached hydrogen (secondary N) is 1. The second kappa shape index (κ2) is 5.87. The molecule has 0 saturated heterocycles. The predicted octanol–water partition coefficient (Wildman–Crippen LogP) is 1.74. The molecule has 2 amide bonds. The van der Waals surface area contributed by atoms with Crippen LogP contribution in [0.1, 0.15) is 25.8 Å². The van der Waals surface area contributed by atoms with Crippen LogP contribution in [0, 0.1) is 5.92 Å². The monoisotopic (exact) mass is 260 g/mol. The second-order valence-corrected chi connectivity index (χ2v) is 5.29. The Balaban J connectivity index is 2.10. The standard InChI is InChI=1S/C15H20N2O2/c1-11(2)10-16-14(18)15(19)17-9-5-7-12-6-3-4-8-13(12)17/h3-4,6,8,11H,5,7,9-10H2,1-2H3,(H,16,18). The van der Waals surface area contributed by atoms with Crippen molar-refractivity contribution in [1.29, 1.82) is 0 Å². The van der Waals surface area contributed by atoms with Crippen molar-refractivity contribution < 1.29 is 9.59 Å². The van der Waals surface area contributed by atoms with E-state index in [4.69, 9.17) is 0 Å². The molecule has 102 valence electrons. The van der Waals surface area contributed by atoms with Crippen molar-refractivity contribution in [1.82, 2.24) is 5.32 Å². The van der Waals surface area contributed by atoms with E-state index in [0.717, 1.165) is 24.1 Å². The zero-order valence-electron chi connectivity index (χ0n) is 11.5. The summed E-state index contributed by atoms with van der Waals surface area (Å²) in [6, 6.07) is 7.78. The molecule has 1 heterocycles. The fourth-order valence-corrected chi connectivity index (χ4v) is 2.24. The van der Waals surface area contributed by atoms with Crippen molar-refractivity contribution in [2.24, 2.45) is 5.92 Å². The van der Waals surface area contributed by atoms with Gasteiger partial charge in [0, 0.05) is 18.8 Å². The number of aryl methyl sites for hydroxylation is 1. The Morgan fingerprint density at radius 1 is 1.32 bits per heavy atom. The van der Waals surface area contributed by atoms with Gasteiger partial charge in [-0.15, -0.1) is 0 Å². The summed E-state index contributed by atoms with van der Waals surface area (Å²) in [6.45, 7) is 5.15. The number of para-hydroxylation sites is 1. The van der Waals surface area contributed by atoms with Crippen LogP contribution in [0.3, 0.4) is 0 Å². The second-order valence-electron chi connectivity index (χ2n) is 5.29. The van der Waals surface area contributed by atoms with Gasteiger partial charge < -0.3 is 10.2 Å². The number of fused-ring (bicyclic) bond motifs is 1. The lowest BCUT2D eigenvalue weighted by Crippen LogP contribution is -2.46. The van der Waals surface area contributed by atoms with E-state index < -0.39 is 11.8 Å². The van der Waals surface area contributed by atoms with Crippen LogP contribution in [0.15, 0.2) is 24.3 Å². The molecule has 0 radical (unpaired) electrons. The number of hydrogen-bond acceptors (Lipinski definition) is 2. The molecule has 0 unspecified atom stereocenters. The average Bonchev–Trinajstić information content (AvgIpc) is 2.43. The Bertz CT molecular complexity index is 483. The van der Waals surface area contributed by atoms with Crippen molar-refractivity contribution in [3.63, 3.8) is 0 Å². The number of benzene rings is 1. The first-order chi connectivity index (χ1) is 9.09. The van der Waals surface area contributed by atoms with Gasteiger partial charge in [-0.1, -0.05) is 32.0 Å². The van der Waals surface area contributed by atoms with Crippen LogP contribution in [0.25, 0.3) is 0 Å². The lowest BCUT2D eigenvalue weighted by atomic mass is 10.0. The lowest BCUT2D eigenvalue weighted by Gasteiger charge is -2.28. The molecule has 19 heavy (non-hydrogen) atoms. The molecule has 0 atom stereocenters. The smallest absolute Gasteiger partial charge is 0.316 e. The first-order valence-corrected chi connectivity index (χ1v) is 6.77. The van der Waals surface area contributed by atoms with E-state index in [2.05, 4.69) is 5.32 Å². The summed E-state index contributed by atoms with van der Waals surface area (Å²) in [4.78, 5) is 25.6. The van der Waals surface area contributed by atoms with Gasteiger partial charge in [-0.25, -0.2) is 0 Å². The van der Waals surface area contributed by atoms with E-state index >= 15 is 0 Å². The molecule has 4 heteroatoms. The van der Waals surface area contributed by atoms with Gasteiger partial charge in [-0.3, -0.25) is 9.59 Å². The number of carbonyl (C=O) groups is 2. The maximum absolute atomic E-state index is 12.2. The van der Waals surface area contributed by atoms with Crippen LogP contribution < -0.4 is 10.2 Å². The maximum Gasteiger partial charge on any atom is 0.316 e. The number of amides is 2. The van der Waals surface area contributed by atoms with Gasteiger partial charge in [0.1, 0.15) is 0 Å².